The third-order valence-corrected chi connectivity index (χ3v) is 5.78. The van der Waals surface area contributed by atoms with Gasteiger partial charge in [0.25, 0.3) is 11.8 Å². The molecule has 0 aliphatic heterocycles. The van der Waals surface area contributed by atoms with Crippen molar-refractivity contribution in [2.24, 2.45) is 5.73 Å². The number of thiophene rings is 1. The van der Waals surface area contributed by atoms with E-state index < -0.39 is 24.4 Å². The van der Waals surface area contributed by atoms with Crippen molar-refractivity contribution >= 4 is 40.2 Å². The summed E-state index contributed by atoms with van der Waals surface area (Å²) in [5.41, 5.74) is 8.93. The molecule has 176 valence electrons. The number of amides is 2. The normalized spacial score (nSPS) is 10.9. The van der Waals surface area contributed by atoms with E-state index >= 15 is 0 Å². The Labute approximate surface area is 205 Å². The van der Waals surface area contributed by atoms with E-state index in [2.05, 4.69) is 5.32 Å². The summed E-state index contributed by atoms with van der Waals surface area (Å²) in [6, 6.07) is 21.1. The number of esters is 1. The molecule has 9 heteroatoms. The fourth-order valence-electron chi connectivity index (χ4n) is 3.34. The number of rotatable bonds is 9. The van der Waals surface area contributed by atoms with Gasteiger partial charge in [0, 0.05) is 23.4 Å². The molecule has 8 nitrogen and oxygen atoms in total. The second kappa shape index (κ2) is 11.1. The first-order chi connectivity index (χ1) is 17.0. The van der Waals surface area contributed by atoms with Gasteiger partial charge in [0.1, 0.15) is 5.00 Å². The van der Waals surface area contributed by atoms with Crippen LogP contribution in [0.15, 0.2) is 84.4 Å². The molecular weight excluding hydrogens is 464 g/mol. The standard InChI is InChI=1S/C26H22N4O4S/c27-25(33)21-13-14-35-26(21)28-22(31)17-34-23(32)12-11-20-16-30(15-18-7-3-1-4-8-18)29-24(20)19-9-5-2-6-10-19/h1-14,16H,15,17H2,(H2,27,33)(H,28,31)/b12-11+. The number of primary amides is 1. The number of nitrogens with one attached hydrogen (secondary N) is 1. The first-order valence-corrected chi connectivity index (χ1v) is 11.6. The van der Waals surface area contributed by atoms with Crippen LogP contribution in [0, 0.1) is 0 Å². The first-order valence-electron chi connectivity index (χ1n) is 10.7. The largest absolute Gasteiger partial charge is 0.452 e. The van der Waals surface area contributed by atoms with Gasteiger partial charge in [0.15, 0.2) is 6.61 Å². The number of hydrogen-bond acceptors (Lipinski definition) is 6. The predicted molar refractivity (Wildman–Crippen MR) is 135 cm³/mol. The van der Waals surface area contributed by atoms with E-state index in [1.54, 1.807) is 11.5 Å². The Balaban J connectivity index is 1.43. The Morgan fingerprint density at radius 3 is 2.46 bits per heavy atom. The van der Waals surface area contributed by atoms with Crippen molar-refractivity contribution in [3.8, 4) is 11.3 Å². The minimum absolute atomic E-state index is 0.204. The molecule has 2 heterocycles. The van der Waals surface area contributed by atoms with E-state index in [1.807, 2.05) is 71.5 Å². The molecule has 4 rings (SSSR count). The van der Waals surface area contributed by atoms with Crippen LogP contribution in [0.25, 0.3) is 17.3 Å². The highest BCUT2D eigenvalue weighted by molar-refractivity contribution is 7.14. The average molecular weight is 487 g/mol. The number of nitrogens with two attached hydrogens (primary N) is 1. The molecule has 2 aromatic carbocycles. The number of hydrogen-bond donors (Lipinski definition) is 2. The highest BCUT2D eigenvalue weighted by Gasteiger charge is 2.14. The lowest BCUT2D eigenvalue weighted by atomic mass is 10.1. The fraction of sp³-hybridized carbons (Fsp3) is 0.0769. The predicted octanol–water partition coefficient (Wildman–Crippen LogP) is 3.95. The van der Waals surface area contributed by atoms with Gasteiger partial charge in [-0.2, -0.15) is 5.10 Å². The molecule has 2 amide bonds. The molecule has 0 saturated heterocycles. The van der Waals surface area contributed by atoms with Crippen LogP contribution in [0.4, 0.5) is 5.00 Å². The maximum Gasteiger partial charge on any atom is 0.331 e. The lowest BCUT2D eigenvalue weighted by Crippen LogP contribution is -2.21. The van der Waals surface area contributed by atoms with Crippen LogP contribution < -0.4 is 11.1 Å². The average Bonchev–Trinajstić information content (AvgIpc) is 3.49. The Kier molecular flexibility index (Phi) is 7.49. The molecule has 0 saturated carbocycles. The molecule has 0 atom stereocenters. The van der Waals surface area contributed by atoms with E-state index in [-0.39, 0.29) is 5.56 Å². The quantitative estimate of drug-likeness (QED) is 0.274. The zero-order chi connectivity index (χ0) is 24.6. The zero-order valence-electron chi connectivity index (χ0n) is 18.6. The molecule has 0 unspecified atom stereocenters. The third kappa shape index (κ3) is 6.30. The summed E-state index contributed by atoms with van der Waals surface area (Å²) in [5, 5.41) is 9.17. The second-order valence-electron chi connectivity index (χ2n) is 7.50. The first kappa shape index (κ1) is 23.7. The van der Waals surface area contributed by atoms with Crippen LogP contribution in [0.5, 0.6) is 0 Å². The van der Waals surface area contributed by atoms with Gasteiger partial charge in [-0.15, -0.1) is 11.3 Å². The Hall–Kier alpha value is -4.50. The maximum atomic E-state index is 12.3. The number of benzene rings is 2. The Bertz CT molecular complexity index is 1360. The Morgan fingerprint density at radius 1 is 1.03 bits per heavy atom. The molecule has 0 radical (unpaired) electrons. The van der Waals surface area contributed by atoms with Crippen molar-refractivity contribution in [2.75, 3.05) is 11.9 Å². The summed E-state index contributed by atoms with van der Waals surface area (Å²) in [6.45, 7) is 0.0766. The van der Waals surface area contributed by atoms with Crippen LogP contribution in [-0.4, -0.2) is 34.2 Å². The van der Waals surface area contributed by atoms with Crippen LogP contribution >= 0.6 is 11.3 Å². The van der Waals surface area contributed by atoms with Crippen LogP contribution in [0.1, 0.15) is 21.5 Å². The molecule has 3 N–H and O–H groups in total. The van der Waals surface area contributed by atoms with E-state index in [0.29, 0.717) is 11.5 Å². The zero-order valence-corrected chi connectivity index (χ0v) is 19.4. The number of carbonyl (C=O) groups is 3. The van der Waals surface area contributed by atoms with Gasteiger partial charge in [-0.05, 0) is 23.1 Å². The van der Waals surface area contributed by atoms with Crippen molar-refractivity contribution in [3.05, 3.63) is 101 Å². The van der Waals surface area contributed by atoms with E-state index in [1.165, 1.54) is 12.1 Å². The monoisotopic (exact) mass is 486 g/mol. The number of ether oxygens (including phenoxy) is 1. The van der Waals surface area contributed by atoms with Gasteiger partial charge in [-0.25, -0.2) is 4.79 Å². The second-order valence-corrected chi connectivity index (χ2v) is 8.42. The summed E-state index contributed by atoms with van der Waals surface area (Å²) < 4.78 is 6.86. The molecule has 0 fully saturated rings. The molecule has 0 aliphatic carbocycles. The summed E-state index contributed by atoms with van der Waals surface area (Å²) in [5.74, 6) is -1.91. The highest BCUT2D eigenvalue weighted by atomic mass is 32.1. The molecule has 0 spiro atoms. The smallest absolute Gasteiger partial charge is 0.331 e. The topological polar surface area (TPSA) is 116 Å². The molecule has 2 aromatic heterocycles. The maximum absolute atomic E-state index is 12.3. The molecule has 35 heavy (non-hydrogen) atoms. The van der Waals surface area contributed by atoms with Gasteiger partial charge < -0.3 is 15.8 Å². The van der Waals surface area contributed by atoms with Gasteiger partial charge in [-0.3, -0.25) is 14.3 Å². The van der Waals surface area contributed by atoms with E-state index in [0.717, 1.165) is 33.7 Å². The minimum Gasteiger partial charge on any atom is -0.452 e. The van der Waals surface area contributed by atoms with Gasteiger partial charge >= 0.3 is 5.97 Å². The van der Waals surface area contributed by atoms with Gasteiger partial charge in [0.2, 0.25) is 0 Å². The van der Waals surface area contributed by atoms with Crippen molar-refractivity contribution in [1.29, 1.82) is 0 Å². The third-order valence-electron chi connectivity index (χ3n) is 4.95. The lowest BCUT2D eigenvalue weighted by molar-refractivity contribution is -0.142. The summed E-state index contributed by atoms with van der Waals surface area (Å²) in [4.78, 5) is 35.7. The summed E-state index contributed by atoms with van der Waals surface area (Å²) in [7, 11) is 0. The van der Waals surface area contributed by atoms with Crippen molar-refractivity contribution in [2.45, 2.75) is 6.54 Å². The minimum atomic E-state index is -0.684. The van der Waals surface area contributed by atoms with E-state index in [4.69, 9.17) is 15.6 Å². The lowest BCUT2D eigenvalue weighted by Gasteiger charge is -2.04. The molecular formula is C26H22N4O4S. The SMILES string of the molecule is NC(=O)c1ccsc1NC(=O)COC(=O)/C=C/c1cn(Cc2ccccc2)nc1-c1ccccc1. The van der Waals surface area contributed by atoms with Crippen molar-refractivity contribution < 1.29 is 19.1 Å². The van der Waals surface area contributed by atoms with Crippen LogP contribution in [0.2, 0.25) is 0 Å². The Morgan fingerprint density at radius 2 is 1.74 bits per heavy atom. The van der Waals surface area contributed by atoms with Gasteiger partial charge in [-0.1, -0.05) is 60.7 Å². The van der Waals surface area contributed by atoms with E-state index in [9.17, 15) is 14.4 Å². The molecule has 4 aromatic rings. The number of carbonyl (C=O) groups excluding carboxylic acids is 3. The van der Waals surface area contributed by atoms with Crippen molar-refractivity contribution in [1.82, 2.24) is 9.78 Å². The number of anilines is 1. The summed E-state index contributed by atoms with van der Waals surface area (Å²) in [6.07, 6.45) is 4.72. The molecule has 0 bridgehead atoms. The van der Waals surface area contributed by atoms with Crippen LogP contribution in [0.3, 0.4) is 0 Å². The van der Waals surface area contributed by atoms with Gasteiger partial charge in [0.05, 0.1) is 17.8 Å². The summed E-state index contributed by atoms with van der Waals surface area (Å²) >= 11 is 1.15. The fourth-order valence-corrected chi connectivity index (χ4v) is 4.14. The number of nitrogens with zero attached hydrogens (tertiary/aromatic N) is 2. The molecule has 0 aliphatic rings. The highest BCUT2D eigenvalue weighted by Crippen LogP contribution is 2.24. The van der Waals surface area contributed by atoms with Crippen molar-refractivity contribution in [3.63, 3.8) is 0 Å². The number of aromatic nitrogens is 2. The van der Waals surface area contributed by atoms with Crippen LogP contribution in [-0.2, 0) is 20.9 Å².